The van der Waals surface area contributed by atoms with Crippen molar-refractivity contribution in [3.05, 3.63) is 29.3 Å². The fourth-order valence-corrected chi connectivity index (χ4v) is 1.59. The number of aromatic carboxylic acids is 1. The van der Waals surface area contributed by atoms with Crippen molar-refractivity contribution in [3.63, 3.8) is 0 Å². The van der Waals surface area contributed by atoms with Crippen LogP contribution in [-0.2, 0) is 4.18 Å². The second kappa shape index (κ2) is 5.09. The Morgan fingerprint density at radius 2 is 2.07 bits per heavy atom. The molecule has 0 aromatic heterocycles. The zero-order valence-corrected chi connectivity index (χ0v) is 9.47. The van der Waals surface area contributed by atoms with Gasteiger partial charge in [0, 0.05) is 17.8 Å². The van der Waals surface area contributed by atoms with E-state index in [1.165, 1.54) is 23.9 Å². The SMILES string of the molecule is CSc1ccc(C(=O)OS)c(C(=O)O)c1. The molecule has 0 aliphatic carbocycles. The number of rotatable bonds is 3. The Morgan fingerprint density at radius 1 is 1.40 bits per heavy atom. The van der Waals surface area contributed by atoms with Gasteiger partial charge in [-0.2, -0.15) is 0 Å². The number of thioether (sulfide) groups is 1. The third-order valence-corrected chi connectivity index (χ3v) is 2.65. The second-order valence-electron chi connectivity index (χ2n) is 2.60. The first-order chi connectivity index (χ1) is 7.10. The monoisotopic (exact) mass is 244 g/mol. The van der Waals surface area contributed by atoms with Crippen LogP contribution in [0.25, 0.3) is 0 Å². The lowest BCUT2D eigenvalue weighted by atomic mass is 10.1. The summed E-state index contributed by atoms with van der Waals surface area (Å²) < 4.78 is 4.19. The Bertz CT molecular complexity index is 403. The molecule has 1 aromatic rings. The number of carboxylic acid groups (broad SMARTS) is 1. The molecule has 0 saturated heterocycles. The largest absolute Gasteiger partial charge is 0.478 e. The van der Waals surface area contributed by atoms with Crippen LogP contribution in [0.5, 0.6) is 0 Å². The van der Waals surface area contributed by atoms with Gasteiger partial charge in [-0.15, -0.1) is 11.8 Å². The minimum absolute atomic E-state index is 0.00435. The van der Waals surface area contributed by atoms with E-state index in [0.717, 1.165) is 4.90 Å². The van der Waals surface area contributed by atoms with E-state index in [9.17, 15) is 9.59 Å². The normalized spacial score (nSPS) is 9.73. The van der Waals surface area contributed by atoms with Crippen LogP contribution in [0.4, 0.5) is 0 Å². The van der Waals surface area contributed by atoms with Gasteiger partial charge >= 0.3 is 11.9 Å². The van der Waals surface area contributed by atoms with Crippen molar-refractivity contribution in [2.75, 3.05) is 6.26 Å². The summed E-state index contributed by atoms with van der Waals surface area (Å²) in [6.45, 7) is 0. The molecule has 4 nitrogen and oxygen atoms in total. The van der Waals surface area contributed by atoms with E-state index in [2.05, 4.69) is 17.1 Å². The molecule has 0 amide bonds. The summed E-state index contributed by atoms with van der Waals surface area (Å²) in [5, 5.41) is 8.89. The summed E-state index contributed by atoms with van der Waals surface area (Å²) in [4.78, 5) is 22.8. The van der Waals surface area contributed by atoms with Crippen LogP contribution < -0.4 is 0 Å². The predicted octanol–water partition coefficient (Wildman–Crippen LogP) is 2.11. The van der Waals surface area contributed by atoms with Gasteiger partial charge in [0.25, 0.3) is 0 Å². The van der Waals surface area contributed by atoms with Crippen LogP contribution in [-0.4, -0.2) is 23.3 Å². The average molecular weight is 244 g/mol. The minimum atomic E-state index is -1.17. The molecule has 0 aliphatic heterocycles. The summed E-state index contributed by atoms with van der Waals surface area (Å²) in [7, 11) is 0. The summed E-state index contributed by atoms with van der Waals surface area (Å²) in [6.07, 6.45) is 1.82. The maximum absolute atomic E-state index is 11.2. The number of carbonyl (C=O) groups excluding carboxylic acids is 1. The Balaban J connectivity index is 3.27. The molecule has 0 fully saturated rings. The molecule has 0 saturated carbocycles. The highest BCUT2D eigenvalue weighted by molar-refractivity contribution is 7.98. The van der Waals surface area contributed by atoms with E-state index in [4.69, 9.17) is 5.11 Å². The lowest BCUT2D eigenvalue weighted by molar-refractivity contribution is 0.0676. The molecule has 1 N–H and O–H groups in total. The van der Waals surface area contributed by atoms with Gasteiger partial charge in [0.05, 0.1) is 11.1 Å². The number of carboxylic acids is 1. The lowest BCUT2D eigenvalue weighted by Gasteiger charge is -2.04. The van der Waals surface area contributed by atoms with Crippen molar-refractivity contribution in [1.29, 1.82) is 0 Å². The molecule has 80 valence electrons. The van der Waals surface area contributed by atoms with Gasteiger partial charge in [-0.1, -0.05) is 0 Å². The van der Waals surface area contributed by atoms with Crippen LogP contribution in [0.15, 0.2) is 23.1 Å². The van der Waals surface area contributed by atoms with E-state index in [-0.39, 0.29) is 11.1 Å². The smallest absolute Gasteiger partial charge is 0.350 e. The standard InChI is InChI=1S/C9H8O4S2/c1-15-5-2-3-6(9(12)13-14)7(4-5)8(10)11/h2-4,14H,1H3,(H,10,11). The third kappa shape index (κ3) is 2.66. The zero-order valence-electron chi connectivity index (χ0n) is 7.76. The van der Waals surface area contributed by atoms with Crippen molar-refractivity contribution in [3.8, 4) is 0 Å². The van der Waals surface area contributed by atoms with Crippen LogP contribution in [0.3, 0.4) is 0 Å². The highest BCUT2D eigenvalue weighted by atomic mass is 32.2. The van der Waals surface area contributed by atoms with Crippen molar-refractivity contribution in [1.82, 2.24) is 0 Å². The van der Waals surface area contributed by atoms with E-state index in [0.29, 0.717) is 0 Å². The van der Waals surface area contributed by atoms with Gasteiger partial charge < -0.3 is 9.29 Å². The number of hydrogen-bond donors (Lipinski definition) is 2. The molecule has 15 heavy (non-hydrogen) atoms. The summed E-state index contributed by atoms with van der Waals surface area (Å²) in [6, 6.07) is 4.48. The van der Waals surface area contributed by atoms with Crippen LogP contribution in [0, 0.1) is 0 Å². The van der Waals surface area contributed by atoms with Gasteiger partial charge in [-0.3, -0.25) is 0 Å². The van der Waals surface area contributed by atoms with Crippen LogP contribution >= 0.6 is 24.7 Å². The molecule has 0 heterocycles. The zero-order chi connectivity index (χ0) is 11.4. The van der Waals surface area contributed by atoms with Crippen LogP contribution in [0.2, 0.25) is 0 Å². The van der Waals surface area contributed by atoms with Crippen molar-refractivity contribution in [2.24, 2.45) is 0 Å². The number of benzene rings is 1. The van der Waals surface area contributed by atoms with Crippen molar-refractivity contribution in [2.45, 2.75) is 4.90 Å². The summed E-state index contributed by atoms with van der Waals surface area (Å²) in [5.41, 5.74) is -0.0869. The molecule has 0 atom stereocenters. The first-order valence-electron chi connectivity index (χ1n) is 3.87. The molecular weight excluding hydrogens is 236 g/mol. The Morgan fingerprint density at radius 3 is 2.53 bits per heavy atom. The number of thiol groups is 1. The average Bonchev–Trinajstić information content (AvgIpc) is 2.27. The maximum atomic E-state index is 11.2. The first kappa shape index (κ1) is 11.9. The van der Waals surface area contributed by atoms with E-state index < -0.39 is 11.9 Å². The molecule has 1 rings (SSSR count). The number of carbonyl (C=O) groups is 2. The third-order valence-electron chi connectivity index (χ3n) is 1.76. The van der Waals surface area contributed by atoms with Crippen molar-refractivity contribution < 1.29 is 18.9 Å². The minimum Gasteiger partial charge on any atom is -0.478 e. The highest BCUT2D eigenvalue weighted by Crippen LogP contribution is 2.20. The summed E-state index contributed by atoms with van der Waals surface area (Å²) >= 11 is 4.74. The second-order valence-corrected chi connectivity index (χ2v) is 3.66. The molecule has 0 spiro atoms. The van der Waals surface area contributed by atoms with Gasteiger partial charge in [-0.25, -0.2) is 9.59 Å². The first-order valence-corrected chi connectivity index (χ1v) is 5.46. The lowest BCUT2D eigenvalue weighted by Crippen LogP contribution is -2.08. The highest BCUT2D eigenvalue weighted by Gasteiger charge is 2.17. The molecule has 0 unspecified atom stereocenters. The summed E-state index contributed by atoms with van der Waals surface area (Å²) in [5.74, 6) is -1.94. The van der Waals surface area contributed by atoms with Gasteiger partial charge in [0.15, 0.2) is 0 Å². The van der Waals surface area contributed by atoms with E-state index in [1.54, 1.807) is 6.07 Å². The quantitative estimate of drug-likeness (QED) is 0.484. The number of hydrogen-bond acceptors (Lipinski definition) is 5. The molecular formula is C9H8O4S2. The topological polar surface area (TPSA) is 63.6 Å². The van der Waals surface area contributed by atoms with Crippen LogP contribution in [0.1, 0.15) is 20.7 Å². The Labute approximate surface area is 96.2 Å². The van der Waals surface area contributed by atoms with Gasteiger partial charge in [0.1, 0.15) is 0 Å². The Hall–Kier alpha value is -1.14. The molecule has 1 aromatic carbocycles. The fourth-order valence-electron chi connectivity index (χ4n) is 1.05. The molecule has 0 radical (unpaired) electrons. The van der Waals surface area contributed by atoms with E-state index >= 15 is 0 Å². The molecule has 0 aliphatic rings. The Kier molecular flexibility index (Phi) is 4.05. The fraction of sp³-hybridized carbons (Fsp3) is 0.111. The molecule has 0 bridgehead atoms. The van der Waals surface area contributed by atoms with Crippen molar-refractivity contribution >= 4 is 36.6 Å². The maximum Gasteiger partial charge on any atom is 0.350 e. The van der Waals surface area contributed by atoms with Gasteiger partial charge in [0.2, 0.25) is 0 Å². The molecule has 6 heteroatoms. The van der Waals surface area contributed by atoms with E-state index in [1.807, 2.05) is 6.26 Å². The van der Waals surface area contributed by atoms with Gasteiger partial charge in [-0.05, 0) is 24.5 Å². The predicted molar refractivity (Wildman–Crippen MR) is 59.6 cm³/mol.